The summed E-state index contributed by atoms with van der Waals surface area (Å²) in [4.78, 5) is 19.1. The molecule has 0 radical (unpaired) electrons. The van der Waals surface area contributed by atoms with Crippen LogP contribution in [0.3, 0.4) is 0 Å². The number of aryl methyl sites for hydroxylation is 2. The van der Waals surface area contributed by atoms with E-state index in [2.05, 4.69) is 25.9 Å². The van der Waals surface area contributed by atoms with Crippen LogP contribution >= 0.6 is 15.9 Å². The summed E-state index contributed by atoms with van der Waals surface area (Å²) in [5.41, 5.74) is 2.12. The van der Waals surface area contributed by atoms with Gasteiger partial charge in [-0.3, -0.25) is 4.79 Å². The molecule has 0 saturated heterocycles. The minimum atomic E-state index is -0.0271. The van der Waals surface area contributed by atoms with Gasteiger partial charge in [-0.1, -0.05) is 0 Å². The molecule has 0 aliphatic carbocycles. The van der Waals surface area contributed by atoms with Crippen LogP contribution in [0.4, 0.5) is 0 Å². The van der Waals surface area contributed by atoms with Crippen molar-refractivity contribution in [1.82, 2.24) is 9.97 Å². The van der Waals surface area contributed by atoms with Gasteiger partial charge in [0.05, 0.1) is 25.6 Å². The van der Waals surface area contributed by atoms with Crippen LogP contribution in [0.25, 0.3) is 0 Å². The highest BCUT2D eigenvalue weighted by Gasteiger charge is 2.04. The Morgan fingerprint density at radius 1 is 0.955 bits per heavy atom. The average Bonchev–Trinajstić information content (AvgIpc) is 2.48. The molecular weight excluding hydrogens is 348 g/mol. The molecule has 0 bridgehead atoms. The lowest BCUT2D eigenvalue weighted by molar-refractivity contribution is 0.101. The van der Waals surface area contributed by atoms with Crippen molar-refractivity contribution >= 4 is 21.7 Å². The number of pyridine rings is 2. The molecule has 2 heterocycles. The second kappa shape index (κ2) is 8.48. The number of carbonyl (C=O) groups is 1. The van der Waals surface area contributed by atoms with E-state index < -0.39 is 0 Å². The van der Waals surface area contributed by atoms with Gasteiger partial charge < -0.3 is 9.47 Å². The Morgan fingerprint density at radius 3 is 1.86 bits per heavy atom. The molecule has 5 nitrogen and oxygen atoms in total. The van der Waals surface area contributed by atoms with Crippen LogP contribution in [0, 0.1) is 13.8 Å². The molecule has 2 rings (SSSR count). The first kappa shape index (κ1) is 18.1. The highest BCUT2D eigenvalue weighted by molar-refractivity contribution is 9.10. The molecule has 2 aromatic heterocycles. The van der Waals surface area contributed by atoms with Gasteiger partial charge in [0.25, 0.3) is 0 Å². The average molecular weight is 367 g/mol. The minimum absolute atomic E-state index is 0.0271. The first-order chi connectivity index (χ1) is 10.4. The van der Waals surface area contributed by atoms with E-state index in [1.165, 1.54) is 6.92 Å². The fourth-order valence-electron chi connectivity index (χ4n) is 1.69. The predicted molar refractivity (Wildman–Crippen MR) is 88.8 cm³/mol. The lowest BCUT2D eigenvalue weighted by Gasteiger charge is -2.03. The Kier molecular flexibility index (Phi) is 6.98. The number of hydrogen-bond acceptors (Lipinski definition) is 5. The quantitative estimate of drug-likeness (QED) is 0.611. The number of ether oxygens (including phenoxy) is 2. The Labute approximate surface area is 138 Å². The molecule has 118 valence electrons. The van der Waals surface area contributed by atoms with Crippen molar-refractivity contribution < 1.29 is 14.3 Å². The van der Waals surface area contributed by atoms with E-state index in [1.807, 2.05) is 26.0 Å². The molecule has 0 aliphatic heterocycles. The number of halogens is 1. The highest BCUT2D eigenvalue weighted by atomic mass is 79.9. The third-order valence-corrected chi connectivity index (χ3v) is 3.28. The molecule has 0 amide bonds. The maximum atomic E-state index is 10.9. The van der Waals surface area contributed by atoms with Crippen molar-refractivity contribution in [3.63, 3.8) is 0 Å². The first-order valence-electron chi connectivity index (χ1n) is 6.58. The molecule has 0 unspecified atom stereocenters. The van der Waals surface area contributed by atoms with Gasteiger partial charge in [0.2, 0.25) is 0 Å². The summed E-state index contributed by atoms with van der Waals surface area (Å²) in [6.07, 6.45) is 0. The first-order valence-corrected chi connectivity index (χ1v) is 7.38. The van der Waals surface area contributed by atoms with Crippen LogP contribution < -0.4 is 9.47 Å². The number of rotatable bonds is 3. The van der Waals surface area contributed by atoms with Gasteiger partial charge in [-0.05, 0) is 54.0 Å². The summed E-state index contributed by atoms with van der Waals surface area (Å²) in [5.74, 6) is 1.50. The van der Waals surface area contributed by atoms with Gasteiger partial charge in [0.15, 0.2) is 5.78 Å². The Bertz CT molecular complexity index is 660. The Morgan fingerprint density at radius 2 is 1.45 bits per heavy atom. The molecule has 0 atom stereocenters. The van der Waals surface area contributed by atoms with Crippen LogP contribution in [-0.4, -0.2) is 30.0 Å². The smallest absolute Gasteiger partial charge is 0.178 e. The molecule has 0 aliphatic rings. The number of methoxy groups -OCH3 is 2. The Balaban J connectivity index is 0.000000224. The number of aromatic nitrogens is 2. The topological polar surface area (TPSA) is 61.3 Å². The molecular formula is C16H19BrN2O3. The van der Waals surface area contributed by atoms with E-state index in [0.29, 0.717) is 11.4 Å². The maximum absolute atomic E-state index is 10.9. The number of ketones is 1. The second-order valence-corrected chi connectivity index (χ2v) is 5.27. The van der Waals surface area contributed by atoms with Gasteiger partial charge in [-0.15, -0.1) is 0 Å². The highest BCUT2D eigenvalue weighted by Crippen LogP contribution is 2.17. The summed E-state index contributed by atoms with van der Waals surface area (Å²) in [7, 11) is 3.22. The number of carbonyl (C=O) groups excluding carboxylic acids is 1. The van der Waals surface area contributed by atoms with E-state index in [-0.39, 0.29) is 5.78 Å². The van der Waals surface area contributed by atoms with Gasteiger partial charge in [0.1, 0.15) is 21.8 Å². The molecule has 2 aromatic rings. The lowest BCUT2D eigenvalue weighted by atomic mass is 10.2. The van der Waals surface area contributed by atoms with E-state index in [1.54, 1.807) is 26.4 Å². The zero-order chi connectivity index (χ0) is 16.7. The van der Waals surface area contributed by atoms with Gasteiger partial charge in [-0.25, -0.2) is 9.97 Å². The van der Waals surface area contributed by atoms with Crippen LogP contribution in [0.5, 0.6) is 11.5 Å². The van der Waals surface area contributed by atoms with Gasteiger partial charge >= 0.3 is 0 Å². The van der Waals surface area contributed by atoms with Crippen molar-refractivity contribution in [2.75, 3.05) is 14.2 Å². The van der Waals surface area contributed by atoms with E-state index in [9.17, 15) is 4.79 Å². The molecule has 0 fully saturated rings. The molecule has 22 heavy (non-hydrogen) atoms. The van der Waals surface area contributed by atoms with Crippen LogP contribution in [0.1, 0.15) is 28.8 Å². The third-order valence-electron chi connectivity index (χ3n) is 2.84. The summed E-state index contributed by atoms with van der Waals surface area (Å²) >= 11 is 3.26. The van der Waals surface area contributed by atoms with Crippen LogP contribution in [0.2, 0.25) is 0 Å². The molecule has 0 spiro atoms. The van der Waals surface area contributed by atoms with Crippen molar-refractivity contribution in [3.8, 4) is 11.5 Å². The zero-order valence-electron chi connectivity index (χ0n) is 13.3. The second-order valence-electron chi connectivity index (χ2n) is 4.46. The monoisotopic (exact) mass is 366 g/mol. The van der Waals surface area contributed by atoms with Crippen molar-refractivity contribution in [1.29, 1.82) is 0 Å². The molecule has 0 N–H and O–H groups in total. The van der Waals surface area contributed by atoms with E-state index in [4.69, 9.17) is 9.47 Å². The number of hydrogen-bond donors (Lipinski definition) is 0. The lowest BCUT2D eigenvalue weighted by Crippen LogP contribution is -1.99. The van der Waals surface area contributed by atoms with Crippen molar-refractivity contribution in [3.05, 3.63) is 46.0 Å². The summed E-state index contributed by atoms with van der Waals surface area (Å²) in [6.45, 7) is 5.21. The zero-order valence-corrected chi connectivity index (χ0v) is 14.9. The SMILES string of the molecule is COc1ccc(Br)nc1C.COc1ccc(C(C)=O)nc1C. The van der Waals surface area contributed by atoms with Gasteiger partial charge in [-0.2, -0.15) is 0 Å². The summed E-state index contributed by atoms with van der Waals surface area (Å²) in [6, 6.07) is 7.14. The maximum Gasteiger partial charge on any atom is 0.178 e. The fourth-order valence-corrected chi connectivity index (χ4v) is 2.09. The van der Waals surface area contributed by atoms with E-state index >= 15 is 0 Å². The number of Topliss-reactive ketones (excluding diaryl/α,β-unsaturated/α-hetero) is 1. The van der Waals surface area contributed by atoms with Crippen LogP contribution in [0.15, 0.2) is 28.9 Å². The molecule has 0 saturated carbocycles. The predicted octanol–water partition coefficient (Wildman–Crippen LogP) is 3.76. The van der Waals surface area contributed by atoms with Crippen LogP contribution in [-0.2, 0) is 0 Å². The standard InChI is InChI=1S/C9H11NO2.C7H8BrNO/c1-6-9(12-3)5-4-8(10-6)7(2)11;1-5-6(10-2)3-4-7(8)9-5/h4-5H,1-3H3;3-4H,1-2H3. The summed E-state index contributed by atoms with van der Waals surface area (Å²) < 4.78 is 10.9. The van der Waals surface area contributed by atoms with E-state index in [0.717, 1.165) is 21.7 Å². The largest absolute Gasteiger partial charge is 0.495 e. The Hall–Kier alpha value is -1.95. The molecule has 6 heteroatoms. The number of nitrogens with zero attached hydrogens (tertiary/aromatic N) is 2. The van der Waals surface area contributed by atoms with Crippen molar-refractivity contribution in [2.24, 2.45) is 0 Å². The third kappa shape index (κ3) is 5.11. The van der Waals surface area contributed by atoms with Crippen molar-refractivity contribution in [2.45, 2.75) is 20.8 Å². The summed E-state index contributed by atoms with van der Waals surface area (Å²) in [5, 5.41) is 0. The fraction of sp³-hybridized carbons (Fsp3) is 0.312. The molecule has 0 aromatic carbocycles. The normalized spacial score (nSPS) is 9.55. The minimum Gasteiger partial charge on any atom is -0.495 e. The van der Waals surface area contributed by atoms with Gasteiger partial charge in [0, 0.05) is 6.92 Å².